The van der Waals surface area contributed by atoms with Gasteiger partial charge in [-0.05, 0) is 69.5 Å². The molecule has 144 valence electrons. The first-order chi connectivity index (χ1) is 12.7. The van der Waals surface area contributed by atoms with E-state index < -0.39 is 11.7 Å². The van der Waals surface area contributed by atoms with E-state index in [0.29, 0.717) is 19.4 Å². The van der Waals surface area contributed by atoms with Crippen LogP contribution in [0.3, 0.4) is 0 Å². The Morgan fingerprint density at radius 3 is 1.89 bits per heavy atom. The highest BCUT2D eigenvalue weighted by molar-refractivity contribution is 5.78. The lowest BCUT2D eigenvalue weighted by Gasteiger charge is -2.19. The first-order valence-electron chi connectivity index (χ1n) is 9.03. The molecule has 0 bridgehead atoms. The summed E-state index contributed by atoms with van der Waals surface area (Å²) in [7, 11) is 0. The zero-order chi connectivity index (χ0) is 19.9. The number of hydrogen-bond donors (Lipinski definition) is 1. The average molecular weight is 369 g/mol. The van der Waals surface area contributed by atoms with Gasteiger partial charge in [0.05, 0.1) is 0 Å². The van der Waals surface area contributed by atoms with Crippen LogP contribution in [0.4, 0.5) is 4.79 Å². The third-order valence-electron chi connectivity index (χ3n) is 3.62. The average Bonchev–Trinajstić information content (AvgIpc) is 2.56. The summed E-state index contributed by atoms with van der Waals surface area (Å²) in [5.41, 5.74) is 1.57. The van der Waals surface area contributed by atoms with E-state index in [2.05, 4.69) is 5.32 Å². The number of carbonyl (C=O) groups is 2. The molecule has 0 spiro atoms. The predicted molar refractivity (Wildman–Crippen MR) is 105 cm³/mol. The fraction of sp³-hybridized carbons (Fsp3) is 0.364. The number of ether oxygens (including phenoxy) is 2. The van der Waals surface area contributed by atoms with Gasteiger partial charge in [0.25, 0.3) is 0 Å². The van der Waals surface area contributed by atoms with Gasteiger partial charge in [0, 0.05) is 13.0 Å². The quantitative estimate of drug-likeness (QED) is 0.770. The normalized spacial score (nSPS) is 11.0. The maximum atomic E-state index is 11.6. The molecular formula is C22H27NO4. The maximum Gasteiger partial charge on any atom is 0.407 e. The molecule has 5 heteroatoms. The second kappa shape index (κ2) is 9.21. The Balaban J connectivity index is 1.81. The lowest BCUT2D eigenvalue weighted by atomic mass is 10.1. The van der Waals surface area contributed by atoms with Gasteiger partial charge < -0.3 is 14.8 Å². The van der Waals surface area contributed by atoms with E-state index in [1.165, 1.54) is 0 Å². The number of amides is 1. The molecule has 1 amide bonds. The molecule has 0 aliphatic carbocycles. The van der Waals surface area contributed by atoms with Gasteiger partial charge in [-0.2, -0.15) is 0 Å². The van der Waals surface area contributed by atoms with Crippen LogP contribution in [0, 0.1) is 0 Å². The van der Waals surface area contributed by atoms with Crippen LogP contribution >= 0.6 is 0 Å². The Labute approximate surface area is 160 Å². The van der Waals surface area contributed by atoms with Crippen LogP contribution in [0.1, 0.15) is 38.8 Å². The largest absolute Gasteiger partial charge is 0.457 e. The molecule has 0 atom stereocenters. The van der Waals surface area contributed by atoms with Gasteiger partial charge in [-0.15, -0.1) is 0 Å². The zero-order valence-electron chi connectivity index (χ0n) is 16.4. The number of benzene rings is 2. The van der Waals surface area contributed by atoms with E-state index >= 15 is 0 Å². The van der Waals surface area contributed by atoms with Gasteiger partial charge in [0.1, 0.15) is 22.9 Å². The van der Waals surface area contributed by atoms with Gasteiger partial charge in [-0.1, -0.05) is 24.3 Å². The summed E-state index contributed by atoms with van der Waals surface area (Å²) in [6.45, 7) is 7.59. The molecule has 0 fully saturated rings. The van der Waals surface area contributed by atoms with Crippen LogP contribution < -0.4 is 10.1 Å². The highest BCUT2D eigenvalue weighted by Crippen LogP contribution is 2.22. The molecule has 0 aromatic heterocycles. The number of alkyl carbamates (subject to hydrolysis) is 1. The van der Waals surface area contributed by atoms with Gasteiger partial charge in [0.15, 0.2) is 0 Å². The monoisotopic (exact) mass is 369 g/mol. The van der Waals surface area contributed by atoms with E-state index in [9.17, 15) is 9.59 Å². The van der Waals surface area contributed by atoms with Crippen molar-refractivity contribution in [3.8, 4) is 11.5 Å². The first-order valence-corrected chi connectivity index (χ1v) is 9.03. The molecule has 5 nitrogen and oxygen atoms in total. The second-order valence-electron chi connectivity index (χ2n) is 7.45. The minimum absolute atomic E-state index is 0.139. The lowest BCUT2D eigenvalue weighted by Crippen LogP contribution is -2.33. The van der Waals surface area contributed by atoms with Crippen LogP contribution in [0.15, 0.2) is 48.5 Å². The highest BCUT2D eigenvalue weighted by atomic mass is 16.6. The van der Waals surface area contributed by atoms with Crippen molar-refractivity contribution in [2.75, 3.05) is 6.54 Å². The number of nitrogens with one attached hydrogen (secondary N) is 1. The van der Waals surface area contributed by atoms with Crippen LogP contribution in [0.2, 0.25) is 0 Å². The summed E-state index contributed by atoms with van der Waals surface area (Å²) in [4.78, 5) is 22.8. The molecule has 0 saturated heterocycles. The van der Waals surface area contributed by atoms with Gasteiger partial charge >= 0.3 is 6.09 Å². The number of rotatable bonds is 7. The summed E-state index contributed by atoms with van der Waals surface area (Å²) >= 11 is 0. The van der Waals surface area contributed by atoms with Crippen LogP contribution in [0.25, 0.3) is 0 Å². The molecule has 2 aromatic rings. The van der Waals surface area contributed by atoms with Crippen molar-refractivity contribution in [2.24, 2.45) is 0 Å². The lowest BCUT2D eigenvalue weighted by molar-refractivity contribution is -0.116. The fourth-order valence-electron chi connectivity index (χ4n) is 2.45. The van der Waals surface area contributed by atoms with Crippen molar-refractivity contribution in [1.29, 1.82) is 0 Å². The van der Waals surface area contributed by atoms with Crippen molar-refractivity contribution in [1.82, 2.24) is 5.32 Å². The molecule has 0 aliphatic rings. The SMILES string of the molecule is CC(=O)Cc1ccc(Oc2ccc(CCNC(=O)OC(C)(C)C)cc2)cc1. The number of hydrogen-bond acceptors (Lipinski definition) is 4. The Bertz CT molecular complexity index is 758. The first kappa shape index (κ1) is 20.5. The molecule has 1 N–H and O–H groups in total. The predicted octanol–water partition coefficient (Wildman–Crippen LogP) is 4.68. The summed E-state index contributed by atoms with van der Waals surface area (Å²) in [6, 6.07) is 15.2. The van der Waals surface area contributed by atoms with E-state index in [1.54, 1.807) is 6.92 Å². The molecule has 0 radical (unpaired) electrons. The van der Waals surface area contributed by atoms with Gasteiger partial charge in [0.2, 0.25) is 0 Å². The minimum Gasteiger partial charge on any atom is -0.457 e. The highest BCUT2D eigenvalue weighted by Gasteiger charge is 2.15. The molecule has 2 rings (SSSR count). The fourth-order valence-corrected chi connectivity index (χ4v) is 2.45. The molecule has 0 heterocycles. The van der Waals surface area contributed by atoms with Crippen LogP contribution in [-0.4, -0.2) is 24.0 Å². The Hall–Kier alpha value is -2.82. The van der Waals surface area contributed by atoms with Crippen molar-refractivity contribution in [3.05, 3.63) is 59.7 Å². The smallest absolute Gasteiger partial charge is 0.407 e. The van der Waals surface area contributed by atoms with E-state index in [1.807, 2.05) is 69.3 Å². The topological polar surface area (TPSA) is 64.6 Å². The second-order valence-corrected chi connectivity index (χ2v) is 7.45. The standard InChI is InChI=1S/C22H27NO4/c1-16(24)15-18-7-11-20(12-8-18)26-19-9-5-17(6-10-19)13-14-23-21(25)27-22(2,3)4/h5-12H,13-15H2,1-4H3,(H,23,25). The number of ketones is 1. The van der Waals surface area contributed by atoms with Gasteiger partial charge in [-0.25, -0.2) is 4.79 Å². The third-order valence-corrected chi connectivity index (χ3v) is 3.62. The zero-order valence-corrected chi connectivity index (χ0v) is 16.4. The van der Waals surface area contributed by atoms with E-state index in [-0.39, 0.29) is 5.78 Å². The maximum absolute atomic E-state index is 11.6. The Morgan fingerprint density at radius 1 is 0.889 bits per heavy atom. The molecule has 0 aliphatic heterocycles. The van der Waals surface area contributed by atoms with Crippen molar-refractivity contribution < 1.29 is 19.1 Å². The van der Waals surface area contributed by atoms with Gasteiger partial charge in [-0.3, -0.25) is 4.79 Å². The van der Waals surface area contributed by atoms with Crippen molar-refractivity contribution >= 4 is 11.9 Å². The summed E-state index contributed by atoms with van der Waals surface area (Å²) in [5, 5.41) is 2.74. The molecule has 27 heavy (non-hydrogen) atoms. The number of Topliss-reactive ketones (excluding diaryl/α,β-unsaturated/α-hetero) is 1. The molecule has 2 aromatic carbocycles. The molecule has 0 saturated carbocycles. The van der Waals surface area contributed by atoms with E-state index in [4.69, 9.17) is 9.47 Å². The Kier molecular flexibility index (Phi) is 6.99. The Morgan fingerprint density at radius 2 is 1.41 bits per heavy atom. The van der Waals surface area contributed by atoms with E-state index in [0.717, 1.165) is 22.6 Å². The summed E-state index contributed by atoms with van der Waals surface area (Å²) in [5.74, 6) is 1.60. The number of carbonyl (C=O) groups excluding carboxylic acids is 2. The van der Waals surface area contributed by atoms with Crippen molar-refractivity contribution in [3.63, 3.8) is 0 Å². The van der Waals surface area contributed by atoms with Crippen LogP contribution in [-0.2, 0) is 22.4 Å². The summed E-state index contributed by atoms with van der Waals surface area (Å²) < 4.78 is 11.0. The molecular weight excluding hydrogens is 342 g/mol. The third kappa shape index (κ3) is 7.94. The minimum atomic E-state index is -0.493. The molecule has 0 unspecified atom stereocenters. The van der Waals surface area contributed by atoms with Crippen molar-refractivity contribution in [2.45, 2.75) is 46.1 Å². The van der Waals surface area contributed by atoms with Crippen LogP contribution in [0.5, 0.6) is 11.5 Å². The summed E-state index contributed by atoms with van der Waals surface area (Å²) in [6.07, 6.45) is 0.738.